The third kappa shape index (κ3) is 5.43. The third-order valence-corrected chi connectivity index (χ3v) is 6.02. The summed E-state index contributed by atoms with van der Waals surface area (Å²) in [6.45, 7) is 3.73. The Morgan fingerprint density at radius 2 is 1.68 bits per heavy atom. The Balaban J connectivity index is 1.53. The van der Waals surface area contributed by atoms with Crippen LogP contribution in [0, 0.1) is 3.57 Å². The van der Waals surface area contributed by atoms with Crippen molar-refractivity contribution in [3.63, 3.8) is 0 Å². The molecule has 158 valence electrons. The molecule has 3 nitrogen and oxygen atoms in total. The maximum absolute atomic E-state index is 6.28. The molecule has 1 N–H and O–H groups in total. The van der Waals surface area contributed by atoms with Crippen LogP contribution in [0.25, 0.3) is 10.8 Å². The highest BCUT2D eigenvalue weighted by Gasteiger charge is 2.13. The minimum Gasteiger partial charge on any atom is -0.490 e. The van der Waals surface area contributed by atoms with Crippen LogP contribution in [-0.2, 0) is 13.2 Å². The first-order chi connectivity index (χ1) is 15.1. The fraction of sp³-hybridized carbons (Fsp3) is 0.154. The maximum atomic E-state index is 6.28. The lowest BCUT2D eigenvalue weighted by Crippen LogP contribution is -2.05. The second-order valence-electron chi connectivity index (χ2n) is 7.13. The van der Waals surface area contributed by atoms with Gasteiger partial charge in [0.15, 0.2) is 11.5 Å². The zero-order valence-electron chi connectivity index (χ0n) is 17.2. The lowest BCUT2D eigenvalue weighted by molar-refractivity contribution is 0.268. The largest absolute Gasteiger partial charge is 0.490 e. The van der Waals surface area contributed by atoms with Gasteiger partial charge in [0.1, 0.15) is 6.61 Å². The minimum atomic E-state index is 0.486. The summed E-state index contributed by atoms with van der Waals surface area (Å²) in [6.07, 6.45) is 0. The number of fused-ring (bicyclic) bond motifs is 1. The molecule has 5 heteroatoms. The summed E-state index contributed by atoms with van der Waals surface area (Å²) in [5.74, 6) is 1.55. The number of benzene rings is 4. The Labute approximate surface area is 201 Å². The van der Waals surface area contributed by atoms with Crippen LogP contribution in [0.2, 0.25) is 5.02 Å². The quantitative estimate of drug-likeness (QED) is 0.231. The Bertz CT molecular complexity index is 1170. The molecule has 0 saturated heterocycles. The van der Waals surface area contributed by atoms with E-state index in [9.17, 15) is 0 Å². The number of nitrogens with one attached hydrogen (secondary N) is 1. The molecule has 0 atom stereocenters. The van der Waals surface area contributed by atoms with E-state index in [4.69, 9.17) is 21.1 Å². The van der Waals surface area contributed by atoms with E-state index in [1.54, 1.807) is 0 Å². The van der Waals surface area contributed by atoms with E-state index in [0.29, 0.717) is 19.8 Å². The van der Waals surface area contributed by atoms with Gasteiger partial charge in [0.05, 0.1) is 10.2 Å². The van der Waals surface area contributed by atoms with E-state index >= 15 is 0 Å². The molecule has 0 spiro atoms. The van der Waals surface area contributed by atoms with Gasteiger partial charge in [0.2, 0.25) is 0 Å². The SMILES string of the molecule is CCOc1cc(CNc2ccc(Cl)cc2)cc(I)c1OCc1cccc2ccccc12. The van der Waals surface area contributed by atoms with E-state index < -0.39 is 0 Å². The fourth-order valence-corrected chi connectivity index (χ4v) is 4.41. The Hall–Kier alpha value is -2.44. The van der Waals surface area contributed by atoms with Gasteiger partial charge in [-0.1, -0.05) is 54.1 Å². The molecule has 0 radical (unpaired) electrons. The first kappa shape index (κ1) is 21.8. The van der Waals surface area contributed by atoms with Gasteiger partial charge in [-0.3, -0.25) is 0 Å². The molecule has 0 aliphatic heterocycles. The smallest absolute Gasteiger partial charge is 0.174 e. The van der Waals surface area contributed by atoms with Gasteiger partial charge in [-0.05, 0) is 87.8 Å². The van der Waals surface area contributed by atoms with Gasteiger partial charge in [-0.2, -0.15) is 0 Å². The Morgan fingerprint density at radius 1 is 0.903 bits per heavy atom. The molecule has 0 fully saturated rings. The van der Waals surface area contributed by atoms with Crippen molar-refractivity contribution in [2.45, 2.75) is 20.1 Å². The zero-order chi connectivity index (χ0) is 21.6. The molecule has 0 unspecified atom stereocenters. The van der Waals surface area contributed by atoms with Crippen LogP contribution in [0.5, 0.6) is 11.5 Å². The fourth-order valence-electron chi connectivity index (χ4n) is 3.47. The molecule has 0 aliphatic rings. The Kier molecular flexibility index (Phi) is 7.20. The standard InChI is InChI=1S/C26H23ClINO2/c1-2-30-25-15-18(16-29-22-12-10-21(27)11-13-22)14-24(28)26(25)31-17-20-8-5-7-19-6-3-4-9-23(19)20/h3-15,29H,2,16-17H2,1H3. The molecule has 4 aromatic carbocycles. The number of hydrogen-bond donors (Lipinski definition) is 1. The predicted molar refractivity (Wildman–Crippen MR) is 137 cm³/mol. The molecule has 4 rings (SSSR count). The van der Waals surface area contributed by atoms with Crippen LogP contribution < -0.4 is 14.8 Å². The Morgan fingerprint density at radius 3 is 2.48 bits per heavy atom. The van der Waals surface area contributed by atoms with Gasteiger partial charge in [-0.25, -0.2) is 0 Å². The number of hydrogen-bond acceptors (Lipinski definition) is 3. The van der Waals surface area contributed by atoms with Crippen LogP contribution in [0.1, 0.15) is 18.1 Å². The normalized spacial score (nSPS) is 10.8. The maximum Gasteiger partial charge on any atom is 0.174 e. The van der Waals surface area contributed by atoms with Crippen molar-refractivity contribution in [3.05, 3.63) is 98.6 Å². The summed E-state index contributed by atoms with van der Waals surface area (Å²) >= 11 is 8.29. The number of anilines is 1. The average molecular weight is 544 g/mol. The van der Waals surface area contributed by atoms with Crippen LogP contribution in [0.3, 0.4) is 0 Å². The molecule has 0 bridgehead atoms. The van der Waals surface area contributed by atoms with Crippen LogP contribution in [0.4, 0.5) is 5.69 Å². The van der Waals surface area contributed by atoms with E-state index in [1.165, 1.54) is 10.8 Å². The van der Waals surface area contributed by atoms with Crippen molar-refractivity contribution in [1.82, 2.24) is 0 Å². The van der Waals surface area contributed by atoms with Gasteiger partial charge >= 0.3 is 0 Å². The van der Waals surface area contributed by atoms with Crippen molar-refractivity contribution < 1.29 is 9.47 Å². The summed E-state index contributed by atoms with van der Waals surface area (Å²) in [6, 6.07) is 26.5. The van der Waals surface area contributed by atoms with Crippen molar-refractivity contribution in [2.24, 2.45) is 0 Å². The molecule has 0 aliphatic carbocycles. The predicted octanol–water partition coefficient (Wildman–Crippen LogP) is 7.69. The summed E-state index contributed by atoms with van der Waals surface area (Å²) < 4.78 is 13.2. The van der Waals surface area contributed by atoms with Crippen molar-refractivity contribution in [1.29, 1.82) is 0 Å². The van der Waals surface area contributed by atoms with Crippen molar-refractivity contribution in [3.8, 4) is 11.5 Å². The van der Waals surface area contributed by atoms with E-state index in [1.807, 2.05) is 37.3 Å². The second-order valence-corrected chi connectivity index (χ2v) is 8.72. The van der Waals surface area contributed by atoms with E-state index in [-0.39, 0.29) is 0 Å². The highest BCUT2D eigenvalue weighted by molar-refractivity contribution is 14.1. The minimum absolute atomic E-state index is 0.486. The van der Waals surface area contributed by atoms with Gasteiger partial charge in [0.25, 0.3) is 0 Å². The molecular formula is C26H23ClINO2. The number of ether oxygens (including phenoxy) is 2. The summed E-state index contributed by atoms with van der Waals surface area (Å²) in [7, 11) is 0. The highest BCUT2D eigenvalue weighted by Crippen LogP contribution is 2.35. The van der Waals surface area contributed by atoms with Crippen molar-refractivity contribution >= 4 is 50.7 Å². The molecule has 31 heavy (non-hydrogen) atoms. The topological polar surface area (TPSA) is 30.5 Å². The lowest BCUT2D eigenvalue weighted by atomic mass is 10.1. The molecular weight excluding hydrogens is 521 g/mol. The summed E-state index contributed by atoms with van der Waals surface area (Å²) in [5, 5.41) is 6.58. The monoisotopic (exact) mass is 543 g/mol. The molecule has 0 amide bonds. The lowest BCUT2D eigenvalue weighted by Gasteiger charge is -2.17. The van der Waals surface area contributed by atoms with Crippen LogP contribution in [-0.4, -0.2) is 6.61 Å². The number of rotatable bonds is 8. The van der Waals surface area contributed by atoms with E-state index in [0.717, 1.165) is 36.9 Å². The second kappa shape index (κ2) is 10.2. The van der Waals surface area contributed by atoms with Gasteiger partial charge in [0, 0.05) is 17.3 Å². The molecule has 0 heterocycles. The van der Waals surface area contributed by atoms with Crippen molar-refractivity contribution in [2.75, 3.05) is 11.9 Å². The zero-order valence-corrected chi connectivity index (χ0v) is 20.1. The molecule has 4 aromatic rings. The van der Waals surface area contributed by atoms with Crippen LogP contribution in [0.15, 0.2) is 78.9 Å². The van der Waals surface area contributed by atoms with Gasteiger partial charge in [-0.15, -0.1) is 0 Å². The molecule has 0 saturated carbocycles. The van der Waals surface area contributed by atoms with E-state index in [2.05, 4.69) is 76.4 Å². The molecule has 0 aromatic heterocycles. The van der Waals surface area contributed by atoms with Gasteiger partial charge < -0.3 is 14.8 Å². The van der Waals surface area contributed by atoms with Crippen LogP contribution >= 0.6 is 34.2 Å². The first-order valence-corrected chi connectivity index (χ1v) is 11.6. The highest BCUT2D eigenvalue weighted by atomic mass is 127. The number of halogens is 2. The third-order valence-electron chi connectivity index (χ3n) is 4.96. The summed E-state index contributed by atoms with van der Waals surface area (Å²) in [4.78, 5) is 0. The summed E-state index contributed by atoms with van der Waals surface area (Å²) in [5.41, 5.74) is 3.30. The first-order valence-electron chi connectivity index (χ1n) is 10.2. The average Bonchev–Trinajstić information content (AvgIpc) is 2.78.